The van der Waals surface area contributed by atoms with Crippen LogP contribution in [0.5, 0.6) is 0 Å². The predicted molar refractivity (Wildman–Crippen MR) is 219 cm³/mol. The summed E-state index contributed by atoms with van der Waals surface area (Å²) in [6, 6.07) is 0. The van der Waals surface area contributed by atoms with Gasteiger partial charge in [-0.1, -0.05) is 0 Å². The molecule has 0 spiro atoms. The predicted octanol–water partition coefficient (Wildman–Crippen LogP) is -9.82. The highest BCUT2D eigenvalue weighted by atomic mass is 32.3. The lowest BCUT2D eigenvalue weighted by molar-refractivity contribution is -0.334. The van der Waals surface area contributed by atoms with Crippen LogP contribution in [0.2, 0.25) is 0 Å². The molecule has 0 bridgehead atoms. The highest BCUT2D eigenvalue weighted by Crippen LogP contribution is 2.37. The maximum absolute atomic E-state index is 12.0. The van der Waals surface area contributed by atoms with Gasteiger partial charge in [0.2, 0.25) is 0 Å². The lowest BCUT2D eigenvalue weighted by Gasteiger charge is -2.46. The first-order valence-electron chi connectivity index (χ1n) is 21.4. The van der Waals surface area contributed by atoms with E-state index in [2.05, 4.69) is 12.5 Å². The number of aliphatic hydroxyl groups is 11. The summed E-state index contributed by atoms with van der Waals surface area (Å²) in [6.07, 6.45) is -43.7. The van der Waals surface area contributed by atoms with Crippen molar-refractivity contribution in [2.24, 2.45) is 17.8 Å². The zero-order valence-corrected chi connectivity index (χ0v) is 40.9. The first-order valence-corrected chi connectivity index (χ1v) is 26.8. The quantitative estimate of drug-likeness (QED) is 0.0448. The molecule has 36 nitrogen and oxygen atoms in total. The van der Waals surface area contributed by atoms with Crippen molar-refractivity contribution in [3.8, 4) is 0 Å². The second-order valence-corrected chi connectivity index (χ2v) is 21.3. The maximum Gasteiger partial charge on any atom is 0.397 e. The fraction of sp³-hybridized carbons (Fsp3) is 1.00. The maximum atomic E-state index is 12.0. The van der Waals surface area contributed by atoms with Gasteiger partial charge in [-0.2, -0.15) is 33.7 Å². The Balaban J connectivity index is 1.31. The lowest BCUT2D eigenvalue weighted by Crippen LogP contribution is -2.62. The summed E-state index contributed by atoms with van der Waals surface area (Å²) in [5.41, 5.74) is 0. The average Bonchev–Trinajstić information content (AvgIpc) is 3.27. The molecule has 0 aromatic heterocycles. The summed E-state index contributed by atoms with van der Waals surface area (Å²) in [4.78, 5) is 0. The summed E-state index contributed by atoms with van der Waals surface area (Å²) < 4.78 is 198. The number of rotatable bonds is 22. The van der Waals surface area contributed by atoms with E-state index in [0.717, 1.165) is 0 Å². The van der Waals surface area contributed by atoms with Crippen LogP contribution < -0.4 is 0 Å². The largest absolute Gasteiger partial charge is 0.397 e. The van der Waals surface area contributed by atoms with Crippen molar-refractivity contribution in [1.82, 2.24) is 0 Å². The minimum atomic E-state index is -5.52. The monoisotopic (exact) mass is 1160 g/mol. The van der Waals surface area contributed by atoms with E-state index < -0.39 is 234 Å². The summed E-state index contributed by atoms with van der Waals surface area (Å²) in [5, 5.41) is 117. The van der Waals surface area contributed by atoms with Crippen molar-refractivity contribution in [3.63, 3.8) is 0 Å². The molecular formula is C33H58O36S4. The third-order valence-corrected chi connectivity index (χ3v) is 14.0. The molecule has 15 N–H and O–H groups in total. The van der Waals surface area contributed by atoms with E-state index in [-0.39, 0.29) is 0 Å². The molecular weight excluding hydrogens is 1100 g/mol. The molecule has 5 heterocycles. The van der Waals surface area contributed by atoms with Crippen LogP contribution in [0.1, 0.15) is 13.8 Å². The van der Waals surface area contributed by atoms with Gasteiger partial charge in [-0.25, -0.2) is 16.7 Å². The van der Waals surface area contributed by atoms with Gasteiger partial charge in [0.05, 0.1) is 64.1 Å². The molecule has 5 aliphatic heterocycles. The van der Waals surface area contributed by atoms with Gasteiger partial charge in [0.1, 0.15) is 79.4 Å². The minimum Gasteiger partial charge on any atom is -0.394 e. The summed E-state index contributed by atoms with van der Waals surface area (Å²) in [6.45, 7) is -3.39. The smallest absolute Gasteiger partial charge is 0.394 e. The zero-order chi connectivity index (χ0) is 54.9. The van der Waals surface area contributed by atoms with E-state index in [9.17, 15) is 98.9 Å². The van der Waals surface area contributed by atoms with Gasteiger partial charge in [0.15, 0.2) is 31.5 Å². The molecule has 5 fully saturated rings. The topological polar surface area (TPSA) is 560 Å². The molecule has 5 saturated heterocycles. The molecule has 5 aliphatic rings. The van der Waals surface area contributed by atoms with Crippen molar-refractivity contribution in [2.75, 3.05) is 39.6 Å². The second kappa shape index (κ2) is 25.2. The van der Waals surface area contributed by atoms with E-state index in [1.807, 2.05) is 0 Å². The SMILES string of the molecule is C[C@@H]1O[C@@H](OC[C@H]2[C@@H](OS(=O)(=O)O)[C@H](O)[C@H](OC[C@H]3[C@@H](O)[C@@H](CO)O[C@@H](OC[C@@H]4[C@H](OS(=O)(=O)O)[C@@H](O)C(O)O[C@@H]4CO[C@@H]4O[C@H](CO)[C@H](O)[C@H](OS(=O)(=O)O)[C@H]4O)[C@@H]3O)O[C@H]2C)[C@@H](O)[C@H](OS(=O)(=O)O)[C@@H]1O. The standard InChI is InChI=1S/C33H58O36S4/c1-9-11(5-57-32-23(42)27(68-72(51,52)53)17(36)10(2)62-32)25(66-70(45,46)47)22(41)31(61-9)59-7-13-18(37)14(3-34)64-30(19(13)38)58-6-12-16(63-29(44)21(40)26(12)67-71(48,49)50)8-60-33-24(43)28(69-73(54,55)56)20(39)15(4-35)65-33/h9-44H,3-8H2,1-2H3,(H,45,46,47)(H,48,49,50)(H,51,52,53)(H,54,55,56)/t9-,10-,11+,12-,13-,14+,15+,16+,17+,18+,19+,20-,21+,22-,23-,24+,25+,26-,27+,28-,29?,30+,31+,32+,33+/m0/s1. The van der Waals surface area contributed by atoms with Crippen molar-refractivity contribution in [1.29, 1.82) is 0 Å². The van der Waals surface area contributed by atoms with E-state index in [0.29, 0.717) is 0 Å². The molecule has 0 saturated carbocycles. The van der Waals surface area contributed by atoms with Crippen molar-refractivity contribution < 1.29 is 167 Å². The molecule has 40 heteroatoms. The average molecular weight is 1160 g/mol. The van der Waals surface area contributed by atoms with Gasteiger partial charge < -0.3 is 98.8 Å². The fourth-order valence-corrected chi connectivity index (χ4v) is 10.6. The van der Waals surface area contributed by atoms with Gasteiger partial charge in [0, 0.05) is 17.8 Å². The Kier molecular flexibility index (Phi) is 21.6. The molecule has 1 unspecified atom stereocenters. The molecule has 0 aromatic carbocycles. The van der Waals surface area contributed by atoms with Crippen LogP contribution in [0, 0.1) is 17.8 Å². The van der Waals surface area contributed by atoms with Crippen LogP contribution in [0.25, 0.3) is 0 Å². The summed E-state index contributed by atoms with van der Waals surface area (Å²) >= 11 is 0. The molecule has 0 aliphatic carbocycles. The Labute approximate surface area is 414 Å². The number of hydrogen-bond donors (Lipinski definition) is 15. The molecule has 73 heavy (non-hydrogen) atoms. The summed E-state index contributed by atoms with van der Waals surface area (Å²) in [5.74, 6) is -4.91. The van der Waals surface area contributed by atoms with Crippen molar-refractivity contribution >= 4 is 41.6 Å². The second-order valence-electron chi connectivity index (χ2n) is 17.1. The number of ether oxygens (including phenoxy) is 9. The van der Waals surface area contributed by atoms with Gasteiger partial charge in [-0.05, 0) is 13.8 Å². The highest BCUT2D eigenvalue weighted by Gasteiger charge is 2.54. The normalized spacial score (nSPS) is 44.5. The van der Waals surface area contributed by atoms with E-state index in [1.165, 1.54) is 13.8 Å². The number of hydrogen-bond acceptors (Lipinski definition) is 32. The van der Waals surface area contributed by atoms with Gasteiger partial charge in [-0.3, -0.25) is 18.2 Å². The summed E-state index contributed by atoms with van der Waals surface area (Å²) in [7, 11) is -21.6. The van der Waals surface area contributed by atoms with Gasteiger partial charge in [-0.15, -0.1) is 0 Å². The van der Waals surface area contributed by atoms with Gasteiger partial charge >= 0.3 is 41.6 Å². The third kappa shape index (κ3) is 16.4. The Morgan fingerprint density at radius 1 is 0.356 bits per heavy atom. The van der Waals surface area contributed by atoms with E-state index in [4.69, 9.17) is 55.9 Å². The molecule has 25 atom stereocenters. The molecule has 0 amide bonds. The molecule has 5 rings (SSSR count). The highest BCUT2D eigenvalue weighted by molar-refractivity contribution is 7.81. The van der Waals surface area contributed by atoms with Crippen LogP contribution in [0.3, 0.4) is 0 Å². The lowest BCUT2D eigenvalue weighted by atomic mass is 9.88. The van der Waals surface area contributed by atoms with Crippen LogP contribution in [-0.4, -0.2) is 283 Å². The molecule has 430 valence electrons. The number of aliphatic hydroxyl groups excluding tert-OH is 11. The third-order valence-electron chi connectivity index (χ3n) is 12.2. The van der Waals surface area contributed by atoms with E-state index in [1.54, 1.807) is 0 Å². The van der Waals surface area contributed by atoms with E-state index >= 15 is 0 Å². The van der Waals surface area contributed by atoms with Crippen LogP contribution in [0.4, 0.5) is 0 Å². The zero-order valence-electron chi connectivity index (χ0n) is 37.6. The Morgan fingerprint density at radius 2 is 0.712 bits per heavy atom. The minimum absolute atomic E-state index is 0.800. The first-order chi connectivity index (χ1) is 33.6. The van der Waals surface area contributed by atoms with Crippen LogP contribution >= 0.6 is 0 Å². The first kappa shape index (κ1) is 62.5. The van der Waals surface area contributed by atoms with Crippen LogP contribution in [-0.2, 0) is 101 Å². The molecule has 0 radical (unpaired) electrons. The Bertz CT molecular complexity index is 2230. The fourth-order valence-electron chi connectivity index (χ4n) is 8.47. The van der Waals surface area contributed by atoms with Crippen molar-refractivity contribution in [3.05, 3.63) is 0 Å². The van der Waals surface area contributed by atoms with Crippen molar-refractivity contribution in [2.45, 2.75) is 149 Å². The Morgan fingerprint density at radius 3 is 1.19 bits per heavy atom. The van der Waals surface area contributed by atoms with Gasteiger partial charge in [0.25, 0.3) is 0 Å². The van der Waals surface area contributed by atoms with Crippen LogP contribution in [0.15, 0.2) is 0 Å². The Hall–Kier alpha value is -1.32. The molecule has 0 aromatic rings.